The van der Waals surface area contributed by atoms with E-state index in [-0.39, 0.29) is 6.04 Å². The van der Waals surface area contributed by atoms with Crippen LogP contribution in [-0.2, 0) is 0 Å². The topological polar surface area (TPSA) is 67.8 Å². The van der Waals surface area contributed by atoms with Crippen LogP contribution in [0.4, 0.5) is 0 Å². The maximum absolute atomic E-state index is 5.74. The van der Waals surface area contributed by atoms with Crippen LogP contribution in [0.15, 0.2) is 34.9 Å². The highest BCUT2D eigenvalue weighted by Crippen LogP contribution is 2.27. The number of nitrogens with one attached hydrogen (secondary N) is 1. The van der Waals surface area contributed by atoms with Crippen molar-refractivity contribution in [3.8, 4) is 11.5 Å². The standard InChI is InChI=1S/C14H15N3O/c1-8-4-3-5-11-10(8)6-12(17-11)13-7-16-14(18-13)9(2)15/h3-7,9,17H,15H2,1-2H3/t9-/m0/s1. The van der Waals surface area contributed by atoms with Crippen LogP contribution >= 0.6 is 0 Å². The van der Waals surface area contributed by atoms with E-state index in [4.69, 9.17) is 10.2 Å². The molecular weight excluding hydrogens is 226 g/mol. The molecular formula is C14H15N3O. The fourth-order valence-electron chi connectivity index (χ4n) is 2.06. The number of aromatic amines is 1. The Balaban J connectivity index is 2.10. The van der Waals surface area contributed by atoms with Gasteiger partial charge in [-0.2, -0.15) is 0 Å². The quantitative estimate of drug-likeness (QED) is 0.724. The van der Waals surface area contributed by atoms with Crippen molar-refractivity contribution >= 4 is 10.9 Å². The minimum atomic E-state index is -0.190. The van der Waals surface area contributed by atoms with Crippen LogP contribution in [0.5, 0.6) is 0 Å². The van der Waals surface area contributed by atoms with Crippen LogP contribution in [0, 0.1) is 6.92 Å². The summed E-state index contributed by atoms with van der Waals surface area (Å²) >= 11 is 0. The number of hydrogen-bond donors (Lipinski definition) is 2. The summed E-state index contributed by atoms with van der Waals surface area (Å²) in [6.07, 6.45) is 1.71. The van der Waals surface area contributed by atoms with Gasteiger partial charge in [-0.05, 0) is 31.5 Å². The number of oxazole rings is 1. The lowest BCUT2D eigenvalue weighted by Gasteiger charge is -1.96. The van der Waals surface area contributed by atoms with E-state index in [1.54, 1.807) is 6.20 Å². The van der Waals surface area contributed by atoms with Gasteiger partial charge in [0.2, 0.25) is 5.89 Å². The number of hydrogen-bond acceptors (Lipinski definition) is 3. The molecule has 0 radical (unpaired) electrons. The van der Waals surface area contributed by atoms with Gasteiger partial charge in [0.1, 0.15) is 0 Å². The molecule has 0 saturated carbocycles. The number of aromatic nitrogens is 2. The molecule has 0 unspecified atom stereocenters. The minimum absolute atomic E-state index is 0.190. The number of nitrogens with two attached hydrogens (primary N) is 1. The first-order valence-electron chi connectivity index (χ1n) is 5.95. The van der Waals surface area contributed by atoms with Crippen LogP contribution in [0.25, 0.3) is 22.4 Å². The highest BCUT2D eigenvalue weighted by atomic mass is 16.4. The lowest BCUT2D eigenvalue weighted by molar-refractivity contribution is 0.473. The third-order valence-electron chi connectivity index (χ3n) is 3.06. The lowest BCUT2D eigenvalue weighted by atomic mass is 10.1. The van der Waals surface area contributed by atoms with Gasteiger partial charge in [0.25, 0.3) is 0 Å². The van der Waals surface area contributed by atoms with Crippen LogP contribution in [0.3, 0.4) is 0 Å². The molecule has 0 aliphatic heterocycles. The molecule has 4 nitrogen and oxygen atoms in total. The first kappa shape index (κ1) is 11.0. The predicted molar refractivity (Wildman–Crippen MR) is 71.1 cm³/mol. The van der Waals surface area contributed by atoms with Crippen molar-refractivity contribution in [3.05, 3.63) is 41.9 Å². The second kappa shape index (κ2) is 3.99. The average Bonchev–Trinajstić information content (AvgIpc) is 2.95. The summed E-state index contributed by atoms with van der Waals surface area (Å²) in [7, 11) is 0. The van der Waals surface area contributed by atoms with Gasteiger partial charge < -0.3 is 15.1 Å². The third kappa shape index (κ3) is 1.71. The van der Waals surface area contributed by atoms with Crippen molar-refractivity contribution in [2.75, 3.05) is 0 Å². The molecule has 2 heterocycles. The molecule has 1 aromatic carbocycles. The Morgan fingerprint density at radius 2 is 2.22 bits per heavy atom. The van der Waals surface area contributed by atoms with Crippen molar-refractivity contribution in [2.45, 2.75) is 19.9 Å². The summed E-state index contributed by atoms with van der Waals surface area (Å²) in [6, 6.07) is 8.06. The molecule has 18 heavy (non-hydrogen) atoms. The Bertz CT molecular complexity index is 694. The van der Waals surface area contributed by atoms with Gasteiger partial charge in [-0.1, -0.05) is 12.1 Å². The van der Waals surface area contributed by atoms with E-state index < -0.39 is 0 Å². The first-order chi connectivity index (χ1) is 8.65. The SMILES string of the molecule is Cc1cccc2[nH]c(-c3cnc([C@H](C)N)o3)cc12. The average molecular weight is 241 g/mol. The number of H-pyrrole nitrogens is 1. The van der Waals surface area contributed by atoms with Crippen molar-refractivity contribution in [3.63, 3.8) is 0 Å². The Morgan fingerprint density at radius 1 is 1.39 bits per heavy atom. The predicted octanol–water partition coefficient (Wildman–Crippen LogP) is 3.15. The molecule has 4 heteroatoms. The summed E-state index contributed by atoms with van der Waals surface area (Å²) in [5, 5.41) is 1.20. The number of benzene rings is 1. The normalized spacial score (nSPS) is 13.1. The maximum Gasteiger partial charge on any atom is 0.211 e. The Kier molecular flexibility index (Phi) is 2.45. The molecule has 1 atom stereocenters. The smallest absolute Gasteiger partial charge is 0.211 e. The van der Waals surface area contributed by atoms with Gasteiger partial charge in [-0.3, -0.25) is 0 Å². The fraction of sp³-hybridized carbons (Fsp3) is 0.214. The third-order valence-corrected chi connectivity index (χ3v) is 3.06. The monoisotopic (exact) mass is 241 g/mol. The van der Waals surface area contributed by atoms with Crippen molar-refractivity contribution in [2.24, 2.45) is 5.73 Å². The van der Waals surface area contributed by atoms with Crippen LogP contribution < -0.4 is 5.73 Å². The Labute approximate surface area is 105 Å². The molecule has 2 aromatic heterocycles. The van der Waals surface area contributed by atoms with Crippen LogP contribution in [0.2, 0.25) is 0 Å². The van der Waals surface area contributed by atoms with E-state index >= 15 is 0 Å². The van der Waals surface area contributed by atoms with E-state index in [0.717, 1.165) is 17.0 Å². The van der Waals surface area contributed by atoms with Crippen LogP contribution in [-0.4, -0.2) is 9.97 Å². The molecule has 0 spiro atoms. The van der Waals surface area contributed by atoms with Crippen LogP contribution in [0.1, 0.15) is 24.4 Å². The van der Waals surface area contributed by atoms with E-state index in [2.05, 4.69) is 35.1 Å². The number of rotatable bonds is 2. The molecule has 0 amide bonds. The van der Waals surface area contributed by atoms with E-state index in [1.165, 1.54) is 10.9 Å². The highest BCUT2D eigenvalue weighted by Gasteiger charge is 2.12. The maximum atomic E-state index is 5.74. The molecule has 0 bridgehead atoms. The molecule has 0 fully saturated rings. The molecule has 3 rings (SSSR count). The number of nitrogens with zero attached hydrogens (tertiary/aromatic N) is 1. The Hall–Kier alpha value is -2.07. The summed E-state index contributed by atoms with van der Waals surface area (Å²) < 4.78 is 5.63. The molecule has 3 N–H and O–H groups in total. The first-order valence-corrected chi connectivity index (χ1v) is 5.95. The largest absolute Gasteiger partial charge is 0.437 e. The zero-order valence-corrected chi connectivity index (χ0v) is 10.4. The van der Waals surface area contributed by atoms with Crippen molar-refractivity contribution in [1.82, 2.24) is 9.97 Å². The van der Waals surface area contributed by atoms with Gasteiger partial charge in [-0.15, -0.1) is 0 Å². The van der Waals surface area contributed by atoms with E-state index in [1.807, 2.05) is 13.0 Å². The second-order valence-electron chi connectivity index (χ2n) is 4.57. The van der Waals surface area contributed by atoms with E-state index in [9.17, 15) is 0 Å². The van der Waals surface area contributed by atoms with Gasteiger partial charge in [-0.25, -0.2) is 4.98 Å². The summed E-state index contributed by atoms with van der Waals surface area (Å²) in [5.41, 5.74) is 9.01. The summed E-state index contributed by atoms with van der Waals surface area (Å²) in [5.74, 6) is 1.28. The fourth-order valence-corrected chi connectivity index (χ4v) is 2.06. The van der Waals surface area contributed by atoms with Gasteiger partial charge in [0, 0.05) is 10.9 Å². The van der Waals surface area contributed by atoms with Gasteiger partial charge >= 0.3 is 0 Å². The molecule has 3 aromatic rings. The molecule has 0 aliphatic rings. The number of aryl methyl sites for hydroxylation is 1. The zero-order valence-electron chi connectivity index (χ0n) is 10.4. The Morgan fingerprint density at radius 3 is 2.89 bits per heavy atom. The molecule has 0 saturated heterocycles. The summed E-state index contributed by atoms with van der Waals surface area (Å²) in [4.78, 5) is 7.50. The van der Waals surface area contributed by atoms with Gasteiger partial charge in [0.05, 0.1) is 17.9 Å². The molecule has 0 aliphatic carbocycles. The molecule has 92 valence electrons. The van der Waals surface area contributed by atoms with Gasteiger partial charge in [0.15, 0.2) is 5.76 Å². The second-order valence-corrected chi connectivity index (χ2v) is 4.57. The number of fused-ring (bicyclic) bond motifs is 1. The zero-order chi connectivity index (χ0) is 12.7. The minimum Gasteiger partial charge on any atom is -0.437 e. The van der Waals surface area contributed by atoms with Crippen molar-refractivity contribution < 1.29 is 4.42 Å². The van der Waals surface area contributed by atoms with E-state index in [0.29, 0.717) is 5.89 Å². The summed E-state index contributed by atoms with van der Waals surface area (Å²) in [6.45, 7) is 3.94. The highest BCUT2D eigenvalue weighted by molar-refractivity contribution is 5.87. The van der Waals surface area contributed by atoms with Crippen molar-refractivity contribution in [1.29, 1.82) is 0 Å². The lowest BCUT2D eigenvalue weighted by Crippen LogP contribution is -2.04.